The van der Waals surface area contributed by atoms with Gasteiger partial charge in [-0.05, 0) is 30.5 Å². The number of imidazole rings is 1. The van der Waals surface area contributed by atoms with Gasteiger partial charge in [-0.25, -0.2) is 4.98 Å². The number of carbonyl (C=O) groups excluding carboxylic acids is 1. The molecule has 0 bridgehead atoms. The van der Waals surface area contributed by atoms with Crippen molar-refractivity contribution in [1.82, 2.24) is 15.3 Å². The highest BCUT2D eigenvalue weighted by Crippen LogP contribution is 2.26. The minimum absolute atomic E-state index is 0.0745. The van der Waals surface area contributed by atoms with Crippen molar-refractivity contribution in [2.75, 3.05) is 14.2 Å². The van der Waals surface area contributed by atoms with Crippen LogP contribution in [0.2, 0.25) is 0 Å². The number of rotatable bonds is 8. The second kappa shape index (κ2) is 8.78. The number of hydrogen-bond acceptors (Lipinski definition) is 4. The summed E-state index contributed by atoms with van der Waals surface area (Å²) in [6, 6.07) is 13.2. The maximum Gasteiger partial charge on any atom is 0.225 e. The topological polar surface area (TPSA) is 76.2 Å². The summed E-state index contributed by atoms with van der Waals surface area (Å²) >= 11 is 0. The van der Waals surface area contributed by atoms with Crippen LogP contribution in [0.5, 0.6) is 11.5 Å². The van der Waals surface area contributed by atoms with Gasteiger partial charge in [0.15, 0.2) is 0 Å². The fourth-order valence-electron chi connectivity index (χ4n) is 3.26. The molecule has 6 nitrogen and oxygen atoms in total. The zero-order chi connectivity index (χ0) is 20.1. The van der Waals surface area contributed by atoms with Crippen molar-refractivity contribution in [2.24, 2.45) is 5.92 Å². The quantitative estimate of drug-likeness (QED) is 0.618. The van der Waals surface area contributed by atoms with E-state index in [1.165, 1.54) is 0 Å². The minimum Gasteiger partial charge on any atom is -0.497 e. The second-order valence-electron chi connectivity index (χ2n) is 7.24. The molecule has 0 aliphatic rings. The molecule has 1 atom stereocenters. The molecule has 3 rings (SSSR count). The Kier molecular flexibility index (Phi) is 6.19. The minimum atomic E-state index is -0.177. The molecule has 6 heteroatoms. The van der Waals surface area contributed by atoms with E-state index in [4.69, 9.17) is 9.47 Å². The number of benzene rings is 2. The van der Waals surface area contributed by atoms with Gasteiger partial charge in [0.1, 0.15) is 17.3 Å². The number of nitrogens with zero attached hydrogens (tertiary/aromatic N) is 1. The van der Waals surface area contributed by atoms with Crippen LogP contribution in [-0.4, -0.2) is 30.1 Å². The Labute approximate surface area is 165 Å². The van der Waals surface area contributed by atoms with Gasteiger partial charge in [0.25, 0.3) is 0 Å². The number of H-pyrrole nitrogens is 1. The molecule has 1 amide bonds. The van der Waals surface area contributed by atoms with Gasteiger partial charge in [-0.2, -0.15) is 0 Å². The number of nitrogens with one attached hydrogen (secondary N) is 2. The molecule has 0 unspecified atom stereocenters. The average molecular weight is 381 g/mol. The zero-order valence-corrected chi connectivity index (χ0v) is 16.8. The summed E-state index contributed by atoms with van der Waals surface area (Å²) in [6.07, 6.45) is 1.02. The van der Waals surface area contributed by atoms with Crippen LogP contribution in [0.25, 0.3) is 11.0 Å². The van der Waals surface area contributed by atoms with E-state index >= 15 is 0 Å². The van der Waals surface area contributed by atoms with E-state index in [1.807, 2.05) is 36.4 Å². The fourth-order valence-corrected chi connectivity index (χ4v) is 3.26. The van der Waals surface area contributed by atoms with Crippen molar-refractivity contribution in [1.29, 1.82) is 0 Å². The molecular weight excluding hydrogens is 354 g/mol. The highest BCUT2D eigenvalue weighted by atomic mass is 16.5. The molecule has 1 heterocycles. The molecule has 3 aromatic rings. The lowest BCUT2D eigenvalue weighted by Crippen LogP contribution is -2.31. The molecule has 1 aromatic heterocycles. The van der Waals surface area contributed by atoms with Gasteiger partial charge in [-0.3, -0.25) is 4.79 Å². The van der Waals surface area contributed by atoms with Gasteiger partial charge in [-0.15, -0.1) is 0 Å². The lowest BCUT2D eigenvalue weighted by Gasteiger charge is -2.19. The number of aromatic amines is 1. The highest BCUT2D eigenvalue weighted by molar-refractivity contribution is 5.80. The summed E-state index contributed by atoms with van der Waals surface area (Å²) in [5.41, 5.74) is 2.68. The fraction of sp³-hybridized carbons (Fsp3) is 0.364. The summed E-state index contributed by atoms with van der Waals surface area (Å²) in [4.78, 5) is 20.8. The molecule has 2 aromatic carbocycles. The molecule has 148 valence electrons. The van der Waals surface area contributed by atoms with Crippen molar-refractivity contribution >= 4 is 16.9 Å². The molecule has 0 aliphatic heterocycles. The van der Waals surface area contributed by atoms with Crippen LogP contribution >= 0.6 is 0 Å². The molecule has 2 N–H and O–H groups in total. The molecule has 0 aliphatic carbocycles. The summed E-state index contributed by atoms with van der Waals surface area (Å²) in [5, 5.41) is 3.13. The van der Waals surface area contributed by atoms with Crippen LogP contribution < -0.4 is 14.8 Å². The van der Waals surface area contributed by atoms with Gasteiger partial charge in [0.2, 0.25) is 5.91 Å². The normalized spacial score (nSPS) is 12.2. The van der Waals surface area contributed by atoms with Crippen LogP contribution in [0.4, 0.5) is 0 Å². The monoisotopic (exact) mass is 381 g/mol. The molecule has 0 fully saturated rings. The Morgan fingerprint density at radius 3 is 2.61 bits per heavy atom. The van der Waals surface area contributed by atoms with Gasteiger partial charge >= 0.3 is 0 Å². The van der Waals surface area contributed by atoms with Crippen molar-refractivity contribution in [2.45, 2.75) is 32.7 Å². The standard InChI is InChI=1S/C22H27N3O3/c1-14(2)11-19(22-24-17-7-5-6-8-18(17)25-22)23-21(26)12-15-9-10-16(27-3)13-20(15)28-4/h5-10,13-14,19H,11-12H2,1-4H3,(H,23,26)(H,24,25)/t19-/m1/s1. The van der Waals surface area contributed by atoms with Gasteiger partial charge < -0.3 is 19.8 Å². The number of hydrogen-bond donors (Lipinski definition) is 2. The van der Waals surface area contributed by atoms with Crippen LogP contribution in [-0.2, 0) is 11.2 Å². The molecule has 0 radical (unpaired) electrons. The largest absolute Gasteiger partial charge is 0.497 e. The van der Waals surface area contributed by atoms with E-state index in [1.54, 1.807) is 20.3 Å². The zero-order valence-electron chi connectivity index (χ0n) is 16.8. The Morgan fingerprint density at radius 2 is 1.93 bits per heavy atom. The Morgan fingerprint density at radius 1 is 1.14 bits per heavy atom. The summed E-state index contributed by atoms with van der Waals surface area (Å²) < 4.78 is 10.6. The van der Waals surface area contributed by atoms with Crippen molar-refractivity contribution in [3.8, 4) is 11.5 Å². The first-order valence-corrected chi connectivity index (χ1v) is 9.45. The number of para-hydroxylation sites is 2. The SMILES string of the molecule is COc1ccc(CC(=O)N[C@H](CC(C)C)c2nc3ccccc3[nH]2)c(OC)c1. The van der Waals surface area contributed by atoms with E-state index in [2.05, 4.69) is 29.1 Å². The van der Waals surface area contributed by atoms with Gasteiger partial charge in [0, 0.05) is 11.6 Å². The lowest BCUT2D eigenvalue weighted by atomic mass is 10.0. The first-order valence-electron chi connectivity index (χ1n) is 9.45. The van der Waals surface area contributed by atoms with Crippen LogP contribution in [0.15, 0.2) is 42.5 Å². The summed E-state index contributed by atoms with van der Waals surface area (Å²) in [5.74, 6) is 2.45. The Hall–Kier alpha value is -3.02. The Bertz CT molecular complexity index is 916. The Balaban J connectivity index is 1.78. The van der Waals surface area contributed by atoms with Crippen LogP contribution in [0.3, 0.4) is 0 Å². The van der Waals surface area contributed by atoms with E-state index in [9.17, 15) is 4.79 Å². The van der Waals surface area contributed by atoms with Crippen molar-refractivity contribution < 1.29 is 14.3 Å². The first-order chi connectivity index (χ1) is 13.5. The smallest absolute Gasteiger partial charge is 0.225 e. The maximum absolute atomic E-state index is 12.8. The molecule has 0 saturated heterocycles. The highest BCUT2D eigenvalue weighted by Gasteiger charge is 2.20. The van der Waals surface area contributed by atoms with Crippen molar-refractivity contribution in [3.63, 3.8) is 0 Å². The number of methoxy groups -OCH3 is 2. The predicted octanol–water partition coefficient (Wildman–Crippen LogP) is 4.03. The van der Waals surface area contributed by atoms with E-state index in [0.29, 0.717) is 17.4 Å². The third-order valence-electron chi connectivity index (χ3n) is 4.63. The number of fused-ring (bicyclic) bond motifs is 1. The second-order valence-corrected chi connectivity index (χ2v) is 7.24. The number of carbonyl (C=O) groups is 1. The van der Waals surface area contributed by atoms with E-state index in [-0.39, 0.29) is 18.4 Å². The average Bonchev–Trinajstić information content (AvgIpc) is 3.11. The predicted molar refractivity (Wildman–Crippen MR) is 110 cm³/mol. The van der Waals surface area contributed by atoms with Crippen molar-refractivity contribution in [3.05, 3.63) is 53.9 Å². The number of aromatic nitrogens is 2. The van der Waals surface area contributed by atoms with E-state index in [0.717, 1.165) is 28.8 Å². The third kappa shape index (κ3) is 4.63. The van der Waals surface area contributed by atoms with Crippen LogP contribution in [0.1, 0.15) is 37.7 Å². The third-order valence-corrected chi connectivity index (χ3v) is 4.63. The molecule has 28 heavy (non-hydrogen) atoms. The lowest BCUT2D eigenvalue weighted by molar-refractivity contribution is -0.121. The number of amides is 1. The first kappa shape index (κ1) is 19.7. The van der Waals surface area contributed by atoms with Gasteiger partial charge in [0.05, 0.1) is 37.7 Å². The van der Waals surface area contributed by atoms with Crippen LogP contribution in [0, 0.1) is 5.92 Å². The molecular formula is C22H27N3O3. The summed E-state index contributed by atoms with van der Waals surface area (Å²) in [6.45, 7) is 4.27. The molecule has 0 saturated carbocycles. The molecule has 0 spiro atoms. The maximum atomic E-state index is 12.8. The van der Waals surface area contributed by atoms with E-state index < -0.39 is 0 Å². The summed E-state index contributed by atoms with van der Waals surface area (Å²) in [7, 11) is 3.19. The number of ether oxygens (including phenoxy) is 2. The van der Waals surface area contributed by atoms with Gasteiger partial charge in [-0.1, -0.05) is 32.0 Å².